The highest BCUT2D eigenvalue weighted by atomic mass is 32.1. The highest BCUT2D eigenvalue weighted by Gasteiger charge is 2.29. The maximum atomic E-state index is 6.68. The van der Waals surface area contributed by atoms with Crippen molar-refractivity contribution in [1.29, 1.82) is 0 Å². The molecule has 35 heavy (non-hydrogen) atoms. The van der Waals surface area contributed by atoms with Gasteiger partial charge in [0.15, 0.2) is 5.82 Å². The molecule has 1 aromatic carbocycles. The Labute approximate surface area is 205 Å². The minimum absolute atomic E-state index is 0.598. The number of imidazole rings is 1. The van der Waals surface area contributed by atoms with Crippen LogP contribution in [0.3, 0.4) is 0 Å². The molecule has 0 amide bonds. The summed E-state index contributed by atoms with van der Waals surface area (Å²) in [5.41, 5.74) is 11.2. The van der Waals surface area contributed by atoms with Crippen molar-refractivity contribution in [1.82, 2.24) is 44.1 Å². The minimum atomic E-state index is -0.645. The van der Waals surface area contributed by atoms with Crippen molar-refractivity contribution >= 4 is 27.2 Å². The molecule has 0 aliphatic heterocycles. The van der Waals surface area contributed by atoms with Gasteiger partial charge >= 0.3 is 0 Å². The average Bonchev–Trinajstić information content (AvgIpc) is 3.61. The van der Waals surface area contributed by atoms with Crippen LogP contribution in [0.2, 0.25) is 0 Å². The second-order valence-electron chi connectivity index (χ2n) is 9.14. The Balaban J connectivity index is 1.29. The van der Waals surface area contributed by atoms with Gasteiger partial charge in [-0.1, -0.05) is 17.4 Å². The lowest BCUT2D eigenvalue weighted by Gasteiger charge is -2.21. The molecule has 5 heterocycles. The molecular formula is C24H24N10S. The first-order chi connectivity index (χ1) is 16.9. The number of fused-ring (bicyclic) bond motifs is 2. The lowest BCUT2D eigenvalue weighted by molar-refractivity contribution is 0.468. The maximum absolute atomic E-state index is 6.68. The molecule has 1 atom stereocenters. The van der Waals surface area contributed by atoms with Crippen LogP contribution in [0.15, 0.2) is 55.4 Å². The van der Waals surface area contributed by atoms with Gasteiger partial charge in [-0.15, -0.1) is 10.2 Å². The summed E-state index contributed by atoms with van der Waals surface area (Å²) in [5, 5.41) is 19.7. The summed E-state index contributed by atoms with van der Waals surface area (Å²) < 4.78 is 5.58. The Hall–Kier alpha value is -3.96. The van der Waals surface area contributed by atoms with Crippen molar-refractivity contribution in [3.63, 3.8) is 0 Å². The molecule has 5 aromatic heterocycles. The first kappa shape index (κ1) is 21.6. The van der Waals surface area contributed by atoms with E-state index in [1.54, 1.807) is 11.0 Å². The number of nitrogens with zero attached hydrogens (tertiary/aromatic N) is 9. The Morgan fingerprint density at radius 3 is 2.71 bits per heavy atom. The standard InChI is InChI=1S/C24H24N10S/c1-24(25,9-19-12-26-14-32(19)2)22-31-34-21(29-30-23(34)35-22)7-15-4-5-20-16(6-15)8-17(10-27-20)18-11-28-33(3)13-18/h4-6,8,10-14H,7,9,25H2,1-3H3/t24-/m1/s1. The zero-order valence-corrected chi connectivity index (χ0v) is 20.4. The topological polar surface area (TPSA) is 118 Å². The number of benzene rings is 1. The Morgan fingerprint density at radius 1 is 1.06 bits per heavy atom. The summed E-state index contributed by atoms with van der Waals surface area (Å²) in [5.74, 6) is 0.773. The van der Waals surface area contributed by atoms with Gasteiger partial charge in [-0.2, -0.15) is 14.7 Å². The van der Waals surface area contributed by atoms with Gasteiger partial charge in [0.05, 0.1) is 23.6 Å². The molecule has 0 aliphatic rings. The number of rotatable bonds is 6. The first-order valence-electron chi connectivity index (χ1n) is 11.2. The summed E-state index contributed by atoms with van der Waals surface area (Å²) in [6.07, 6.45) is 10.6. The van der Waals surface area contributed by atoms with E-state index in [0.717, 1.165) is 49.1 Å². The molecule has 0 unspecified atom stereocenters. The van der Waals surface area contributed by atoms with Gasteiger partial charge in [-0.3, -0.25) is 9.67 Å². The van der Waals surface area contributed by atoms with Crippen LogP contribution in [0.5, 0.6) is 0 Å². The second-order valence-corrected chi connectivity index (χ2v) is 10.1. The summed E-state index contributed by atoms with van der Waals surface area (Å²) in [4.78, 5) is 9.55. The SMILES string of the molecule is Cn1cc(-c2cnc3ccc(Cc4nnc5sc([C@](C)(N)Cc6cncn6C)nn45)cc3c2)cn1. The lowest BCUT2D eigenvalue weighted by atomic mass is 9.98. The number of nitrogens with two attached hydrogens (primary N) is 1. The van der Waals surface area contributed by atoms with E-state index >= 15 is 0 Å². The van der Waals surface area contributed by atoms with Gasteiger partial charge in [0, 0.05) is 67.7 Å². The van der Waals surface area contributed by atoms with Crippen LogP contribution in [0.25, 0.3) is 27.0 Å². The fraction of sp³-hybridized carbons (Fsp3) is 0.250. The van der Waals surface area contributed by atoms with Crippen molar-refractivity contribution in [3.8, 4) is 11.1 Å². The van der Waals surface area contributed by atoms with E-state index in [0.29, 0.717) is 12.8 Å². The van der Waals surface area contributed by atoms with Crippen molar-refractivity contribution in [3.05, 3.63) is 77.5 Å². The van der Waals surface area contributed by atoms with E-state index in [1.807, 2.05) is 61.0 Å². The van der Waals surface area contributed by atoms with Gasteiger partial charge in [-0.25, -0.2) is 4.98 Å². The molecular weight excluding hydrogens is 460 g/mol. The third-order valence-corrected chi connectivity index (χ3v) is 7.33. The van der Waals surface area contributed by atoms with Gasteiger partial charge in [0.1, 0.15) is 5.01 Å². The monoisotopic (exact) mass is 484 g/mol. The Bertz CT molecular complexity index is 1670. The molecule has 2 N–H and O–H groups in total. The molecule has 0 bridgehead atoms. The molecule has 0 saturated carbocycles. The zero-order valence-electron chi connectivity index (χ0n) is 19.6. The predicted octanol–water partition coefficient (Wildman–Crippen LogP) is 2.88. The number of aromatic nitrogens is 9. The largest absolute Gasteiger partial charge is 0.338 e. The summed E-state index contributed by atoms with van der Waals surface area (Å²) in [7, 11) is 3.87. The zero-order chi connectivity index (χ0) is 24.2. The van der Waals surface area contributed by atoms with Crippen LogP contribution in [0.1, 0.15) is 29.0 Å². The summed E-state index contributed by atoms with van der Waals surface area (Å²) in [6.45, 7) is 1.99. The molecule has 0 fully saturated rings. The van der Waals surface area contributed by atoms with E-state index in [2.05, 4.69) is 43.5 Å². The third-order valence-electron chi connectivity index (χ3n) is 6.15. The van der Waals surface area contributed by atoms with Crippen LogP contribution >= 0.6 is 11.3 Å². The average molecular weight is 485 g/mol. The third kappa shape index (κ3) is 3.98. The molecule has 10 nitrogen and oxygen atoms in total. The van der Waals surface area contributed by atoms with E-state index in [4.69, 9.17) is 10.8 Å². The maximum Gasteiger partial charge on any atom is 0.234 e. The fourth-order valence-corrected chi connectivity index (χ4v) is 5.12. The molecule has 0 radical (unpaired) electrons. The number of aryl methyl sites for hydroxylation is 2. The Kier molecular flexibility index (Phi) is 4.97. The first-order valence-corrected chi connectivity index (χ1v) is 12.0. The quantitative estimate of drug-likeness (QED) is 0.386. The molecule has 0 spiro atoms. The molecule has 176 valence electrons. The van der Waals surface area contributed by atoms with Gasteiger partial charge in [-0.05, 0) is 30.7 Å². The molecule has 6 aromatic rings. The normalized spacial score (nSPS) is 13.6. The fourth-order valence-electron chi connectivity index (χ4n) is 4.21. The predicted molar refractivity (Wildman–Crippen MR) is 134 cm³/mol. The van der Waals surface area contributed by atoms with Crippen molar-refractivity contribution in [2.75, 3.05) is 0 Å². The number of hydrogen-bond acceptors (Lipinski definition) is 8. The Morgan fingerprint density at radius 2 is 1.94 bits per heavy atom. The van der Waals surface area contributed by atoms with E-state index in [-0.39, 0.29) is 0 Å². The molecule has 0 aliphatic carbocycles. The van der Waals surface area contributed by atoms with E-state index in [1.165, 1.54) is 11.3 Å². The van der Waals surface area contributed by atoms with Crippen LogP contribution in [-0.4, -0.2) is 44.1 Å². The van der Waals surface area contributed by atoms with Crippen LogP contribution in [0, 0.1) is 0 Å². The van der Waals surface area contributed by atoms with Crippen LogP contribution in [0.4, 0.5) is 0 Å². The van der Waals surface area contributed by atoms with Gasteiger partial charge < -0.3 is 10.3 Å². The molecule has 6 rings (SSSR count). The summed E-state index contributed by atoms with van der Waals surface area (Å²) in [6, 6.07) is 8.39. The highest BCUT2D eigenvalue weighted by molar-refractivity contribution is 7.16. The molecule has 0 saturated heterocycles. The molecule has 11 heteroatoms. The summed E-state index contributed by atoms with van der Waals surface area (Å²) >= 11 is 1.47. The van der Waals surface area contributed by atoms with Crippen LogP contribution in [-0.2, 0) is 32.5 Å². The lowest BCUT2D eigenvalue weighted by Crippen LogP contribution is -2.36. The smallest absolute Gasteiger partial charge is 0.234 e. The van der Waals surface area contributed by atoms with E-state index < -0.39 is 5.54 Å². The number of pyridine rings is 1. The van der Waals surface area contributed by atoms with Crippen molar-refractivity contribution < 1.29 is 0 Å². The highest BCUT2D eigenvalue weighted by Crippen LogP contribution is 2.28. The van der Waals surface area contributed by atoms with Gasteiger partial charge in [0.2, 0.25) is 4.96 Å². The van der Waals surface area contributed by atoms with Crippen molar-refractivity contribution in [2.45, 2.75) is 25.3 Å². The van der Waals surface area contributed by atoms with E-state index in [9.17, 15) is 0 Å². The van der Waals surface area contributed by atoms with Crippen LogP contribution < -0.4 is 5.73 Å². The van der Waals surface area contributed by atoms with Gasteiger partial charge in [0.25, 0.3) is 0 Å². The number of hydrogen-bond donors (Lipinski definition) is 1. The van der Waals surface area contributed by atoms with Crippen molar-refractivity contribution in [2.24, 2.45) is 19.8 Å². The minimum Gasteiger partial charge on any atom is -0.338 e. The second kappa shape index (κ2) is 8.07.